The van der Waals surface area contributed by atoms with E-state index < -0.39 is 5.97 Å². The summed E-state index contributed by atoms with van der Waals surface area (Å²) in [6.45, 7) is 1.60. The van der Waals surface area contributed by atoms with Gasteiger partial charge in [0, 0.05) is 16.2 Å². The maximum atomic E-state index is 12.4. The molecule has 110 valence electrons. The lowest BCUT2D eigenvalue weighted by molar-refractivity contribution is 0.0697. The Morgan fingerprint density at radius 2 is 2.10 bits per heavy atom. The lowest BCUT2D eigenvalue weighted by Crippen LogP contribution is -2.27. The zero-order chi connectivity index (χ0) is 15.7. The molecule has 0 saturated carbocycles. The minimum absolute atomic E-state index is 0.0486. The highest BCUT2D eigenvalue weighted by Gasteiger charge is 2.24. The zero-order valence-corrected chi connectivity index (χ0v) is 14.8. The third kappa shape index (κ3) is 3.19. The Labute approximate surface area is 143 Å². The molecule has 1 aromatic carbocycles. The highest BCUT2D eigenvalue weighted by molar-refractivity contribution is 14.1. The smallest absolute Gasteiger partial charge is 0.340 e. The fraction of sp³-hybridized carbons (Fsp3) is 0.154. The van der Waals surface area contributed by atoms with Crippen molar-refractivity contribution in [1.82, 2.24) is 4.37 Å². The van der Waals surface area contributed by atoms with Crippen LogP contribution in [0.5, 0.6) is 0 Å². The molecule has 21 heavy (non-hydrogen) atoms. The number of carbonyl (C=O) groups is 2. The summed E-state index contributed by atoms with van der Waals surface area (Å²) in [6, 6.07) is 4.96. The van der Waals surface area contributed by atoms with Crippen LogP contribution in [0.25, 0.3) is 0 Å². The Morgan fingerprint density at radius 3 is 2.67 bits per heavy atom. The summed E-state index contributed by atoms with van der Waals surface area (Å²) in [6.07, 6.45) is 0. The monoisotopic (exact) mass is 436 g/mol. The highest BCUT2D eigenvalue weighted by atomic mass is 127. The van der Waals surface area contributed by atoms with Gasteiger partial charge in [-0.25, -0.2) is 4.79 Å². The van der Waals surface area contributed by atoms with E-state index in [-0.39, 0.29) is 11.5 Å². The molecule has 1 heterocycles. The summed E-state index contributed by atoms with van der Waals surface area (Å²) in [5, 5.41) is 10.0. The van der Waals surface area contributed by atoms with E-state index in [9.17, 15) is 14.7 Å². The van der Waals surface area contributed by atoms with Crippen molar-refractivity contribution in [3.8, 4) is 0 Å². The van der Waals surface area contributed by atoms with Gasteiger partial charge in [0.2, 0.25) is 0 Å². The fourth-order valence-electron chi connectivity index (χ4n) is 1.75. The summed E-state index contributed by atoms with van der Waals surface area (Å²) in [4.78, 5) is 25.0. The summed E-state index contributed by atoms with van der Waals surface area (Å²) < 4.78 is 4.85. The molecule has 8 heteroatoms. The normalized spacial score (nSPS) is 10.5. The van der Waals surface area contributed by atoms with Crippen LogP contribution in [-0.4, -0.2) is 28.4 Å². The summed E-state index contributed by atoms with van der Waals surface area (Å²) in [7, 11) is 1.52. The number of rotatable bonds is 3. The van der Waals surface area contributed by atoms with Crippen LogP contribution in [0.4, 0.5) is 5.00 Å². The maximum Gasteiger partial charge on any atom is 0.340 e. The highest BCUT2D eigenvalue weighted by Crippen LogP contribution is 2.29. The summed E-state index contributed by atoms with van der Waals surface area (Å²) in [5.41, 5.74) is 0.834. The standard InChI is InChI=1S/C13H10ClIN2O3S/c1-6-10(13(19)20)12(21-16-6)17(2)11(18)7-3-4-9(15)8(14)5-7/h3-5H,1-2H3,(H,19,20). The van der Waals surface area contributed by atoms with Crippen molar-refractivity contribution in [2.24, 2.45) is 0 Å². The first kappa shape index (κ1) is 16.2. The van der Waals surface area contributed by atoms with E-state index in [0.717, 1.165) is 15.1 Å². The minimum atomic E-state index is -1.10. The van der Waals surface area contributed by atoms with Crippen LogP contribution in [0, 0.1) is 10.5 Å². The van der Waals surface area contributed by atoms with Crippen LogP contribution in [0.3, 0.4) is 0 Å². The van der Waals surface area contributed by atoms with Gasteiger partial charge in [-0.15, -0.1) is 0 Å². The SMILES string of the molecule is Cc1nsc(N(C)C(=O)c2ccc(I)c(Cl)c2)c1C(=O)O. The molecule has 1 amide bonds. The Kier molecular flexibility index (Phi) is 4.84. The Balaban J connectivity index is 2.40. The van der Waals surface area contributed by atoms with Crippen molar-refractivity contribution < 1.29 is 14.7 Å². The van der Waals surface area contributed by atoms with Gasteiger partial charge in [0.25, 0.3) is 5.91 Å². The van der Waals surface area contributed by atoms with Crippen LogP contribution in [0.2, 0.25) is 5.02 Å². The topological polar surface area (TPSA) is 70.5 Å². The van der Waals surface area contributed by atoms with Gasteiger partial charge in [-0.3, -0.25) is 4.79 Å². The lowest BCUT2D eigenvalue weighted by atomic mass is 10.2. The van der Waals surface area contributed by atoms with Crippen molar-refractivity contribution in [2.75, 3.05) is 11.9 Å². The molecule has 5 nitrogen and oxygen atoms in total. The third-order valence-corrected chi connectivity index (χ3v) is 5.42. The van der Waals surface area contributed by atoms with Gasteiger partial charge >= 0.3 is 5.97 Å². The maximum absolute atomic E-state index is 12.4. The number of hydrogen-bond donors (Lipinski definition) is 1. The average Bonchev–Trinajstić information content (AvgIpc) is 2.82. The van der Waals surface area contributed by atoms with E-state index in [2.05, 4.69) is 27.0 Å². The molecular weight excluding hydrogens is 427 g/mol. The fourth-order valence-corrected chi connectivity index (χ4v) is 3.11. The van der Waals surface area contributed by atoms with Crippen LogP contribution in [0.1, 0.15) is 26.4 Å². The molecule has 0 saturated heterocycles. The number of carboxylic acid groups (broad SMARTS) is 1. The number of nitrogens with zero attached hydrogens (tertiary/aromatic N) is 2. The average molecular weight is 437 g/mol. The second-order valence-electron chi connectivity index (χ2n) is 4.25. The number of anilines is 1. The van der Waals surface area contributed by atoms with Crippen LogP contribution < -0.4 is 4.90 Å². The summed E-state index contributed by atoms with van der Waals surface area (Å²) in [5.74, 6) is -1.43. The second-order valence-corrected chi connectivity index (χ2v) is 6.57. The van der Waals surface area contributed by atoms with E-state index in [4.69, 9.17) is 11.6 Å². The number of aryl methyl sites for hydroxylation is 1. The molecule has 0 spiro atoms. The Hall–Kier alpha value is -1.19. The molecule has 0 radical (unpaired) electrons. The van der Waals surface area contributed by atoms with E-state index in [1.165, 1.54) is 11.9 Å². The quantitative estimate of drug-likeness (QED) is 0.745. The van der Waals surface area contributed by atoms with E-state index in [0.29, 0.717) is 21.3 Å². The van der Waals surface area contributed by atoms with Crippen molar-refractivity contribution in [3.05, 3.63) is 43.6 Å². The number of benzene rings is 1. The third-order valence-electron chi connectivity index (χ3n) is 2.83. The van der Waals surface area contributed by atoms with Crippen LogP contribution in [-0.2, 0) is 0 Å². The first-order valence-corrected chi connectivity index (χ1v) is 7.98. The first-order chi connectivity index (χ1) is 9.82. The predicted molar refractivity (Wildman–Crippen MR) is 90.7 cm³/mol. The molecule has 0 aliphatic heterocycles. The minimum Gasteiger partial charge on any atom is -0.478 e. The molecule has 1 N–H and O–H groups in total. The van der Waals surface area contributed by atoms with Crippen molar-refractivity contribution in [1.29, 1.82) is 0 Å². The summed E-state index contributed by atoms with van der Waals surface area (Å²) >= 11 is 9.06. The lowest BCUT2D eigenvalue weighted by Gasteiger charge is -2.16. The van der Waals surface area contributed by atoms with Crippen LogP contribution in [0.15, 0.2) is 18.2 Å². The molecule has 1 aromatic heterocycles. The molecule has 0 atom stereocenters. The number of amides is 1. The number of carbonyl (C=O) groups excluding carboxylic acids is 1. The Morgan fingerprint density at radius 1 is 1.43 bits per heavy atom. The largest absolute Gasteiger partial charge is 0.478 e. The number of aromatic nitrogens is 1. The predicted octanol–water partition coefficient (Wildman–Crippen LogP) is 3.68. The van der Waals surface area contributed by atoms with Crippen molar-refractivity contribution in [2.45, 2.75) is 6.92 Å². The zero-order valence-electron chi connectivity index (χ0n) is 11.1. The number of aromatic carboxylic acids is 1. The van der Waals surface area contributed by atoms with Gasteiger partial charge in [-0.1, -0.05) is 11.6 Å². The van der Waals surface area contributed by atoms with Crippen molar-refractivity contribution in [3.63, 3.8) is 0 Å². The molecule has 0 fully saturated rings. The molecule has 2 aromatic rings. The first-order valence-electron chi connectivity index (χ1n) is 5.75. The number of hydrogen-bond acceptors (Lipinski definition) is 4. The Bertz CT molecular complexity index is 732. The van der Waals surface area contributed by atoms with E-state index in [1.54, 1.807) is 25.1 Å². The molecular formula is C13H10ClIN2O3S. The molecule has 0 aliphatic rings. The van der Waals surface area contributed by atoms with Gasteiger partial charge in [0.15, 0.2) is 0 Å². The van der Waals surface area contributed by atoms with Gasteiger partial charge in [0.05, 0.1) is 10.7 Å². The molecule has 0 aliphatic carbocycles. The number of halogens is 2. The van der Waals surface area contributed by atoms with Crippen molar-refractivity contribution >= 4 is 62.6 Å². The second kappa shape index (κ2) is 6.29. The van der Waals surface area contributed by atoms with E-state index in [1.807, 2.05) is 0 Å². The van der Waals surface area contributed by atoms with Gasteiger partial charge < -0.3 is 10.0 Å². The van der Waals surface area contributed by atoms with Gasteiger partial charge in [-0.2, -0.15) is 4.37 Å². The van der Waals surface area contributed by atoms with E-state index >= 15 is 0 Å². The van der Waals surface area contributed by atoms with Crippen LogP contribution >= 0.6 is 45.7 Å². The number of carboxylic acids is 1. The molecule has 0 unspecified atom stereocenters. The van der Waals surface area contributed by atoms with Gasteiger partial charge in [-0.05, 0) is 59.2 Å². The molecule has 2 rings (SSSR count). The molecule has 0 bridgehead atoms. The van der Waals surface area contributed by atoms with Gasteiger partial charge in [0.1, 0.15) is 10.6 Å².